The Kier molecular flexibility index (Phi) is 5.36. The van der Waals surface area contributed by atoms with Crippen molar-refractivity contribution in [2.45, 2.75) is 40.2 Å². The highest BCUT2D eigenvalue weighted by atomic mass is 35.5. The van der Waals surface area contributed by atoms with Crippen LogP contribution in [0.25, 0.3) is 0 Å². The first-order valence-electron chi connectivity index (χ1n) is 6.24. The summed E-state index contributed by atoms with van der Waals surface area (Å²) in [7, 11) is 0. The molecule has 0 radical (unpaired) electrons. The molecule has 1 aromatic carbocycles. The van der Waals surface area contributed by atoms with E-state index >= 15 is 0 Å². The summed E-state index contributed by atoms with van der Waals surface area (Å²) in [6, 6.07) is 7.43. The van der Waals surface area contributed by atoms with E-state index in [0.717, 1.165) is 5.56 Å². The molecule has 0 fully saturated rings. The van der Waals surface area contributed by atoms with E-state index in [4.69, 9.17) is 16.3 Å². The maximum atomic E-state index is 12.3. The van der Waals surface area contributed by atoms with Gasteiger partial charge in [0.15, 0.2) is 5.78 Å². The molecule has 0 aliphatic carbocycles. The van der Waals surface area contributed by atoms with E-state index in [9.17, 15) is 4.79 Å². The third kappa shape index (κ3) is 4.11. The molecular formula is C15H21ClO2. The fourth-order valence-electron chi connectivity index (χ4n) is 1.91. The first kappa shape index (κ1) is 15.2. The van der Waals surface area contributed by atoms with Crippen molar-refractivity contribution >= 4 is 17.4 Å². The monoisotopic (exact) mass is 268 g/mol. The Morgan fingerprint density at radius 3 is 2.44 bits per heavy atom. The minimum atomic E-state index is -0.390. The maximum absolute atomic E-state index is 12.3. The third-order valence-electron chi connectivity index (χ3n) is 2.73. The van der Waals surface area contributed by atoms with Crippen LogP contribution in [0.1, 0.15) is 33.3 Å². The molecule has 2 nitrogen and oxygen atoms in total. The fourth-order valence-corrected chi connectivity index (χ4v) is 2.12. The molecule has 100 valence electrons. The van der Waals surface area contributed by atoms with Gasteiger partial charge in [-0.1, -0.05) is 50.6 Å². The minimum absolute atomic E-state index is 0.0810. The lowest BCUT2D eigenvalue weighted by Crippen LogP contribution is -2.38. The molecule has 1 unspecified atom stereocenters. The van der Waals surface area contributed by atoms with Crippen molar-refractivity contribution in [1.82, 2.24) is 0 Å². The molecule has 0 saturated carbocycles. The maximum Gasteiger partial charge on any atom is 0.166 e. The molecule has 0 aliphatic rings. The van der Waals surface area contributed by atoms with Gasteiger partial charge in [-0.3, -0.25) is 4.79 Å². The van der Waals surface area contributed by atoms with Crippen molar-refractivity contribution in [2.24, 2.45) is 5.41 Å². The summed E-state index contributed by atoms with van der Waals surface area (Å²) < 4.78 is 5.59. The first-order valence-corrected chi connectivity index (χ1v) is 6.61. The van der Waals surface area contributed by atoms with E-state index in [1.54, 1.807) is 6.07 Å². The van der Waals surface area contributed by atoms with E-state index in [1.165, 1.54) is 0 Å². The Balaban J connectivity index is 2.83. The Hall–Kier alpha value is -0.860. The second-order valence-electron chi connectivity index (χ2n) is 5.44. The summed E-state index contributed by atoms with van der Waals surface area (Å²) in [6.45, 7) is 8.48. The van der Waals surface area contributed by atoms with Crippen molar-refractivity contribution in [2.75, 3.05) is 6.61 Å². The van der Waals surface area contributed by atoms with Gasteiger partial charge in [0.05, 0.1) is 0 Å². The third-order valence-corrected chi connectivity index (χ3v) is 3.10. The van der Waals surface area contributed by atoms with Crippen molar-refractivity contribution in [3.63, 3.8) is 0 Å². The number of carbonyl (C=O) groups excluding carboxylic acids is 1. The second-order valence-corrected chi connectivity index (χ2v) is 5.84. The lowest BCUT2D eigenvalue weighted by atomic mass is 9.84. The fraction of sp³-hybridized carbons (Fsp3) is 0.533. The molecule has 0 heterocycles. The normalized spacial score (nSPS) is 13.4. The van der Waals surface area contributed by atoms with Crippen molar-refractivity contribution in [3.8, 4) is 0 Å². The standard InChI is InChI=1S/C15H21ClO2/c1-5-18-14(15(2,3)4)13(17)10-11-8-6-7-9-12(11)16/h6-9,14H,5,10H2,1-4H3. The molecular weight excluding hydrogens is 248 g/mol. The van der Waals surface area contributed by atoms with E-state index in [-0.39, 0.29) is 11.2 Å². The van der Waals surface area contributed by atoms with Crippen LogP contribution in [0.2, 0.25) is 5.02 Å². The number of ether oxygens (including phenoxy) is 1. The van der Waals surface area contributed by atoms with Gasteiger partial charge in [-0.2, -0.15) is 0 Å². The van der Waals surface area contributed by atoms with Crippen LogP contribution in [0.4, 0.5) is 0 Å². The van der Waals surface area contributed by atoms with Crippen molar-refractivity contribution < 1.29 is 9.53 Å². The van der Waals surface area contributed by atoms with E-state index in [1.807, 2.05) is 45.9 Å². The highest BCUT2D eigenvalue weighted by Crippen LogP contribution is 2.25. The van der Waals surface area contributed by atoms with Gasteiger partial charge < -0.3 is 4.74 Å². The summed E-state index contributed by atoms with van der Waals surface area (Å²) in [6.07, 6.45) is -0.0690. The van der Waals surface area contributed by atoms with Crippen LogP contribution < -0.4 is 0 Å². The molecule has 0 amide bonds. The zero-order valence-electron chi connectivity index (χ0n) is 11.5. The van der Waals surface area contributed by atoms with Gasteiger partial charge in [0.2, 0.25) is 0 Å². The molecule has 0 N–H and O–H groups in total. The largest absolute Gasteiger partial charge is 0.370 e. The first-order chi connectivity index (χ1) is 8.36. The van der Waals surface area contributed by atoms with E-state index < -0.39 is 6.10 Å². The van der Waals surface area contributed by atoms with Crippen LogP contribution in [0.15, 0.2) is 24.3 Å². The lowest BCUT2D eigenvalue weighted by Gasteiger charge is -2.29. The SMILES string of the molecule is CCOC(C(=O)Cc1ccccc1Cl)C(C)(C)C. The van der Waals surface area contributed by atoms with Gasteiger partial charge in [-0.25, -0.2) is 0 Å². The summed E-state index contributed by atoms with van der Waals surface area (Å²) >= 11 is 6.07. The van der Waals surface area contributed by atoms with Crippen LogP contribution in [-0.2, 0) is 16.0 Å². The molecule has 1 atom stereocenters. The Morgan fingerprint density at radius 2 is 1.94 bits per heavy atom. The molecule has 0 aliphatic heterocycles. The van der Waals surface area contributed by atoms with Gasteiger partial charge >= 0.3 is 0 Å². The average Bonchev–Trinajstić information content (AvgIpc) is 2.27. The van der Waals surface area contributed by atoms with Gasteiger partial charge in [0.1, 0.15) is 6.10 Å². The number of ketones is 1. The Bertz CT molecular complexity index is 407. The van der Waals surface area contributed by atoms with Gasteiger partial charge in [0.25, 0.3) is 0 Å². The summed E-state index contributed by atoms with van der Waals surface area (Å²) in [4.78, 5) is 12.3. The van der Waals surface area contributed by atoms with Crippen LogP contribution in [0.3, 0.4) is 0 Å². The highest BCUT2D eigenvalue weighted by Gasteiger charge is 2.31. The molecule has 0 aromatic heterocycles. The number of hydrogen-bond acceptors (Lipinski definition) is 2. The van der Waals surface area contributed by atoms with Crippen LogP contribution >= 0.6 is 11.6 Å². The van der Waals surface area contributed by atoms with Gasteiger partial charge in [-0.05, 0) is 24.0 Å². The topological polar surface area (TPSA) is 26.3 Å². The predicted octanol–water partition coefficient (Wildman–Crippen LogP) is 3.90. The molecule has 1 aromatic rings. The molecule has 1 rings (SSSR count). The van der Waals surface area contributed by atoms with E-state index in [0.29, 0.717) is 18.1 Å². The second kappa shape index (κ2) is 6.35. The van der Waals surface area contributed by atoms with Crippen molar-refractivity contribution in [1.29, 1.82) is 0 Å². The summed E-state index contributed by atoms with van der Waals surface area (Å²) in [5, 5.41) is 0.634. The van der Waals surface area contributed by atoms with E-state index in [2.05, 4.69) is 0 Å². The molecule has 18 heavy (non-hydrogen) atoms. The zero-order chi connectivity index (χ0) is 13.8. The minimum Gasteiger partial charge on any atom is -0.370 e. The number of rotatable bonds is 5. The lowest BCUT2D eigenvalue weighted by molar-refractivity contribution is -0.136. The Morgan fingerprint density at radius 1 is 1.33 bits per heavy atom. The van der Waals surface area contributed by atoms with Crippen LogP contribution in [0.5, 0.6) is 0 Å². The summed E-state index contributed by atoms with van der Waals surface area (Å²) in [5.74, 6) is 0.0810. The smallest absolute Gasteiger partial charge is 0.166 e. The number of Topliss-reactive ketones (excluding diaryl/α,β-unsaturated/α-hetero) is 1. The number of halogens is 1. The molecule has 0 saturated heterocycles. The number of hydrogen-bond donors (Lipinski definition) is 0. The number of carbonyl (C=O) groups is 1. The average molecular weight is 269 g/mol. The van der Waals surface area contributed by atoms with Crippen LogP contribution in [-0.4, -0.2) is 18.5 Å². The summed E-state index contributed by atoms with van der Waals surface area (Å²) in [5.41, 5.74) is 0.659. The Labute approximate surface area is 114 Å². The van der Waals surface area contributed by atoms with Gasteiger partial charge in [-0.15, -0.1) is 0 Å². The predicted molar refractivity (Wildman–Crippen MR) is 75.0 cm³/mol. The number of benzene rings is 1. The van der Waals surface area contributed by atoms with Crippen LogP contribution in [0, 0.1) is 5.41 Å². The van der Waals surface area contributed by atoms with Gasteiger partial charge in [0, 0.05) is 18.1 Å². The quantitative estimate of drug-likeness (QED) is 0.810. The van der Waals surface area contributed by atoms with Crippen molar-refractivity contribution in [3.05, 3.63) is 34.9 Å². The molecule has 0 bridgehead atoms. The zero-order valence-corrected chi connectivity index (χ0v) is 12.3. The molecule has 0 spiro atoms. The highest BCUT2D eigenvalue weighted by molar-refractivity contribution is 6.31. The molecule has 3 heteroatoms.